The van der Waals surface area contributed by atoms with Gasteiger partial charge in [0.05, 0.1) is 17.2 Å². The monoisotopic (exact) mass is 386 g/mol. The normalized spacial score (nSPS) is 28.5. The molecule has 0 radical (unpaired) electrons. The van der Waals surface area contributed by atoms with E-state index < -0.39 is 35.8 Å². The van der Waals surface area contributed by atoms with E-state index in [0.717, 1.165) is 4.90 Å². The molecule has 0 aliphatic carbocycles. The Labute approximate surface area is 161 Å². The molecule has 3 aliphatic heterocycles. The summed E-state index contributed by atoms with van der Waals surface area (Å²) in [4.78, 5) is 52.4. The molecule has 1 aromatic carbocycles. The minimum absolute atomic E-state index is 0.0836. The van der Waals surface area contributed by atoms with E-state index in [1.165, 1.54) is 0 Å². The fraction of sp³-hybridized carbons (Fsp3) is 0.474. The highest BCUT2D eigenvalue weighted by Crippen LogP contribution is 2.30. The van der Waals surface area contributed by atoms with Crippen molar-refractivity contribution in [2.24, 2.45) is 5.73 Å². The van der Waals surface area contributed by atoms with E-state index in [1.807, 2.05) is 4.90 Å². The van der Waals surface area contributed by atoms with E-state index in [1.54, 1.807) is 18.2 Å². The third-order valence-corrected chi connectivity index (χ3v) is 5.48. The van der Waals surface area contributed by atoms with Gasteiger partial charge in [0.1, 0.15) is 6.04 Å². The van der Waals surface area contributed by atoms with Crippen molar-refractivity contribution in [3.05, 3.63) is 34.9 Å². The van der Waals surface area contributed by atoms with Crippen LogP contribution < -0.4 is 11.1 Å². The van der Waals surface area contributed by atoms with Gasteiger partial charge in [0.2, 0.25) is 11.8 Å². The molecule has 0 aromatic heterocycles. The highest BCUT2D eigenvalue weighted by molar-refractivity contribution is 6.24. The van der Waals surface area contributed by atoms with Crippen molar-refractivity contribution in [2.45, 2.75) is 44.0 Å². The second kappa shape index (κ2) is 7.08. The van der Waals surface area contributed by atoms with E-state index in [-0.39, 0.29) is 30.0 Å². The highest BCUT2D eigenvalue weighted by Gasteiger charge is 2.45. The van der Waals surface area contributed by atoms with Gasteiger partial charge in [-0.05, 0) is 24.5 Å². The van der Waals surface area contributed by atoms with E-state index >= 15 is 0 Å². The summed E-state index contributed by atoms with van der Waals surface area (Å²) in [7, 11) is 0. The molecule has 2 fully saturated rings. The van der Waals surface area contributed by atoms with Crippen LogP contribution in [0.4, 0.5) is 0 Å². The number of rotatable bonds is 3. The smallest absolute Gasteiger partial charge is 0.262 e. The number of imide groups is 2. The number of hydrogen-bond acceptors (Lipinski definition) is 7. The van der Waals surface area contributed by atoms with Gasteiger partial charge in [-0.2, -0.15) is 0 Å². The number of nitrogens with two attached hydrogens (primary N) is 1. The lowest BCUT2D eigenvalue weighted by atomic mass is 9.99. The molecule has 9 heteroatoms. The quantitative estimate of drug-likeness (QED) is 0.567. The lowest BCUT2D eigenvalue weighted by Gasteiger charge is -2.34. The van der Waals surface area contributed by atoms with E-state index in [0.29, 0.717) is 31.6 Å². The summed E-state index contributed by atoms with van der Waals surface area (Å²) in [5, 5.41) is 12.1. The van der Waals surface area contributed by atoms with E-state index in [4.69, 9.17) is 5.73 Å². The number of piperidine rings is 2. The summed E-state index contributed by atoms with van der Waals surface area (Å²) in [6.07, 6.45) is 0.209. The number of amides is 4. The molecule has 3 aliphatic rings. The number of nitrogens with zero attached hydrogens (tertiary/aromatic N) is 2. The summed E-state index contributed by atoms with van der Waals surface area (Å²) in [6, 6.07) is 3.90. The molecule has 4 N–H and O–H groups in total. The van der Waals surface area contributed by atoms with Crippen molar-refractivity contribution in [2.75, 3.05) is 13.1 Å². The number of benzene rings is 1. The van der Waals surface area contributed by atoms with Crippen LogP contribution in [-0.2, 0) is 16.1 Å². The van der Waals surface area contributed by atoms with Crippen LogP contribution in [0.25, 0.3) is 0 Å². The SMILES string of the molecule is NC1CC(O)CN(Cc2cccc3c2C(=O)N(C2CCC(=O)NC2=O)C3=O)C1. The molecule has 0 bridgehead atoms. The highest BCUT2D eigenvalue weighted by atomic mass is 16.3. The largest absolute Gasteiger partial charge is 0.392 e. The Balaban J connectivity index is 1.61. The molecule has 0 saturated carbocycles. The zero-order valence-corrected chi connectivity index (χ0v) is 15.3. The molecule has 3 heterocycles. The molecule has 2 saturated heterocycles. The van der Waals surface area contributed by atoms with Gasteiger partial charge in [-0.15, -0.1) is 0 Å². The molecule has 28 heavy (non-hydrogen) atoms. The van der Waals surface area contributed by atoms with Gasteiger partial charge in [-0.3, -0.25) is 34.3 Å². The van der Waals surface area contributed by atoms with Gasteiger partial charge in [0.25, 0.3) is 11.8 Å². The first-order chi connectivity index (χ1) is 13.3. The Kier molecular flexibility index (Phi) is 4.74. The molecule has 3 atom stereocenters. The van der Waals surface area contributed by atoms with Crippen molar-refractivity contribution < 1.29 is 24.3 Å². The van der Waals surface area contributed by atoms with Gasteiger partial charge in [-0.1, -0.05) is 12.1 Å². The molecule has 1 aromatic rings. The Morgan fingerprint density at radius 2 is 1.93 bits per heavy atom. The molecular formula is C19H22N4O5. The number of likely N-dealkylation sites (tertiary alicyclic amines) is 1. The van der Waals surface area contributed by atoms with E-state index in [2.05, 4.69) is 5.32 Å². The predicted molar refractivity (Wildman–Crippen MR) is 97.0 cm³/mol. The standard InChI is InChI=1S/C19H22N4O5/c20-11-6-12(24)9-22(8-11)7-10-2-1-3-13-16(10)19(28)23(18(13)27)14-4-5-15(25)21-17(14)26/h1-3,11-12,14,24H,4-9,20H2,(H,21,25,26). The van der Waals surface area contributed by atoms with Gasteiger partial charge in [-0.25, -0.2) is 0 Å². The van der Waals surface area contributed by atoms with Crippen molar-refractivity contribution in [3.63, 3.8) is 0 Å². The van der Waals surface area contributed by atoms with Gasteiger partial charge in [0, 0.05) is 32.1 Å². The maximum Gasteiger partial charge on any atom is 0.262 e. The lowest BCUT2D eigenvalue weighted by molar-refractivity contribution is -0.136. The van der Waals surface area contributed by atoms with Crippen LogP contribution >= 0.6 is 0 Å². The van der Waals surface area contributed by atoms with Crippen molar-refractivity contribution in [1.29, 1.82) is 0 Å². The second-order valence-corrected chi connectivity index (χ2v) is 7.63. The van der Waals surface area contributed by atoms with E-state index in [9.17, 15) is 24.3 Å². The Morgan fingerprint density at radius 3 is 2.64 bits per heavy atom. The number of carbonyl (C=O) groups excluding carboxylic acids is 4. The van der Waals surface area contributed by atoms with Crippen molar-refractivity contribution in [1.82, 2.24) is 15.1 Å². The van der Waals surface area contributed by atoms with Crippen LogP contribution in [-0.4, -0.2) is 69.8 Å². The summed E-state index contributed by atoms with van der Waals surface area (Å²) in [5.41, 5.74) is 7.18. The fourth-order valence-electron chi connectivity index (χ4n) is 4.29. The lowest BCUT2D eigenvalue weighted by Crippen LogP contribution is -2.54. The summed E-state index contributed by atoms with van der Waals surface area (Å²) in [6.45, 7) is 1.40. The third-order valence-electron chi connectivity index (χ3n) is 5.48. The first kappa shape index (κ1) is 18.7. The number of carbonyl (C=O) groups is 4. The minimum Gasteiger partial charge on any atom is -0.392 e. The van der Waals surface area contributed by atoms with Gasteiger partial charge in [0.15, 0.2) is 0 Å². The third kappa shape index (κ3) is 3.21. The Bertz CT molecular complexity index is 860. The number of fused-ring (bicyclic) bond motifs is 1. The fourth-order valence-corrected chi connectivity index (χ4v) is 4.29. The molecule has 9 nitrogen and oxygen atoms in total. The summed E-state index contributed by atoms with van der Waals surface area (Å²) in [5.74, 6) is -2.07. The van der Waals surface area contributed by atoms with Crippen molar-refractivity contribution in [3.8, 4) is 0 Å². The molecule has 148 valence electrons. The van der Waals surface area contributed by atoms with Crippen LogP contribution in [0, 0.1) is 0 Å². The zero-order valence-electron chi connectivity index (χ0n) is 15.3. The topological polar surface area (TPSA) is 133 Å². The first-order valence-corrected chi connectivity index (χ1v) is 9.34. The molecule has 0 spiro atoms. The number of hydrogen-bond donors (Lipinski definition) is 3. The minimum atomic E-state index is -0.983. The number of β-amino-alcohol motifs (C(OH)–C–C–N with tert-alkyl or cyclic N) is 1. The predicted octanol–water partition coefficient (Wildman–Crippen LogP) is -1.02. The second-order valence-electron chi connectivity index (χ2n) is 7.63. The van der Waals surface area contributed by atoms with Crippen LogP contribution in [0.15, 0.2) is 18.2 Å². The number of nitrogens with one attached hydrogen (secondary N) is 1. The van der Waals surface area contributed by atoms with Crippen LogP contribution in [0.1, 0.15) is 45.5 Å². The molecule has 4 rings (SSSR count). The molecule has 3 unspecified atom stereocenters. The maximum atomic E-state index is 13.1. The van der Waals surface area contributed by atoms with Crippen molar-refractivity contribution >= 4 is 23.6 Å². The van der Waals surface area contributed by atoms with Gasteiger partial charge >= 0.3 is 0 Å². The summed E-state index contributed by atoms with van der Waals surface area (Å²) < 4.78 is 0. The molecular weight excluding hydrogens is 364 g/mol. The Hall–Kier alpha value is -2.62. The van der Waals surface area contributed by atoms with Gasteiger partial charge < -0.3 is 10.8 Å². The average molecular weight is 386 g/mol. The summed E-state index contributed by atoms with van der Waals surface area (Å²) >= 11 is 0. The number of aliphatic hydroxyl groups excluding tert-OH is 1. The van der Waals surface area contributed by atoms with Crippen LogP contribution in [0.5, 0.6) is 0 Å². The van der Waals surface area contributed by atoms with Crippen LogP contribution in [0.3, 0.4) is 0 Å². The Morgan fingerprint density at radius 1 is 1.14 bits per heavy atom. The number of aliphatic hydroxyl groups is 1. The maximum absolute atomic E-state index is 13.1. The van der Waals surface area contributed by atoms with Crippen LogP contribution in [0.2, 0.25) is 0 Å². The zero-order chi connectivity index (χ0) is 20.0. The molecule has 4 amide bonds. The average Bonchev–Trinajstić information content (AvgIpc) is 2.86. The first-order valence-electron chi connectivity index (χ1n) is 9.34.